The normalized spacial score (nSPS) is 26.2. The molecule has 1 atom stereocenters. The summed E-state index contributed by atoms with van der Waals surface area (Å²) in [6.07, 6.45) is 3.96. The Labute approximate surface area is 55.8 Å². The van der Waals surface area contributed by atoms with E-state index < -0.39 is 0 Å². The molecule has 1 heterocycles. The first kappa shape index (κ1) is 6.27. The Hall–Kier alpha value is -0.850. The molecule has 0 saturated carbocycles. The van der Waals surface area contributed by atoms with Gasteiger partial charge in [-0.2, -0.15) is 0 Å². The molecule has 1 rings (SSSR count). The molecule has 1 aliphatic heterocycles. The minimum Gasteiger partial charge on any atom is -0.285 e. The number of rotatable bonds is 0. The van der Waals surface area contributed by atoms with E-state index in [9.17, 15) is 0 Å². The van der Waals surface area contributed by atoms with Gasteiger partial charge in [-0.15, -0.1) is 0 Å². The molecule has 1 heteroatoms. The van der Waals surface area contributed by atoms with Crippen LogP contribution in [-0.2, 0) is 0 Å². The quantitative estimate of drug-likeness (QED) is 0.464. The zero-order valence-electron chi connectivity index (χ0n) is 5.89. The van der Waals surface area contributed by atoms with Crippen molar-refractivity contribution in [2.75, 3.05) is 0 Å². The Morgan fingerprint density at radius 2 is 2.33 bits per heavy atom. The van der Waals surface area contributed by atoms with Gasteiger partial charge in [-0.1, -0.05) is 12.7 Å². The summed E-state index contributed by atoms with van der Waals surface area (Å²) in [6.45, 7) is 7.93. The van der Waals surface area contributed by atoms with E-state index in [0.29, 0.717) is 0 Å². The van der Waals surface area contributed by atoms with Gasteiger partial charge >= 0.3 is 0 Å². The van der Waals surface area contributed by atoms with Gasteiger partial charge in [0.25, 0.3) is 0 Å². The highest BCUT2D eigenvalue weighted by Crippen LogP contribution is 2.11. The van der Waals surface area contributed by atoms with Crippen LogP contribution in [0.15, 0.2) is 28.8 Å². The lowest BCUT2D eigenvalue weighted by Crippen LogP contribution is -2.05. The van der Waals surface area contributed by atoms with Crippen LogP contribution in [0.4, 0.5) is 0 Å². The number of aliphatic imine (C=N–C) groups is 1. The average Bonchev–Trinajstić information content (AvgIpc) is 1.80. The van der Waals surface area contributed by atoms with E-state index in [0.717, 1.165) is 5.57 Å². The van der Waals surface area contributed by atoms with Crippen LogP contribution < -0.4 is 0 Å². The molecule has 0 N–H and O–H groups in total. The molecule has 0 radical (unpaired) electrons. The molecule has 48 valence electrons. The predicted molar refractivity (Wildman–Crippen MR) is 40.9 cm³/mol. The minimum absolute atomic E-state index is 0.286. The smallest absolute Gasteiger partial charge is 0.0715 e. The van der Waals surface area contributed by atoms with Gasteiger partial charge in [0.15, 0.2) is 0 Å². The summed E-state index contributed by atoms with van der Waals surface area (Å²) in [5, 5.41) is 0. The Bertz CT molecular complexity index is 187. The Balaban J connectivity index is 2.82. The van der Waals surface area contributed by atoms with E-state index in [1.807, 2.05) is 20.1 Å². The summed E-state index contributed by atoms with van der Waals surface area (Å²) in [5.41, 5.74) is 2.30. The van der Waals surface area contributed by atoms with Crippen LogP contribution in [0.1, 0.15) is 13.8 Å². The van der Waals surface area contributed by atoms with Crippen molar-refractivity contribution in [3.63, 3.8) is 0 Å². The summed E-state index contributed by atoms with van der Waals surface area (Å²) in [6, 6.07) is 0.286. The maximum atomic E-state index is 4.20. The molecule has 0 fully saturated rings. The molecule has 0 unspecified atom stereocenters. The average molecular weight is 121 g/mol. The van der Waals surface area contributed by atoms with Crippen molar-refractivity contribution in [3.05, 3.63) is 23.8 Å². The summed E-state index contributed by atoms with van der Waals surface area (Å²) in [4.78, 5) is 4.20. The molecule has 0 amide bonds. The molecule has 1 nitrogen and oxygen atoms in total. The molecule has 0 spiro atoms. The van der Waals surface area contributed by atoms with E-state index in [-0.39, 0.29) is 6.04 Å². The third-order valence-electron chi connectivity index (χ3n) is 1.45. The first-order valence-corrected chi connectivity index (χ1v) is 3.10. The third-order valence-corrected chi connectivity index (χ3v) is 1.45. The van der Waals surface area contributed by atoms with Crippen molar-refractivity contribution >= 4 is 6.21 Å². The largest absolute Gasteiger partial charge is 0.285 e. The van der Waals surface area contributed by atoms with E-state index in [1.54, 1.807) is 0 Å². The van der Waals surface area contributed by atoms with E-state index >= 15 is 0 Å². The molecule has 0 aromatic rings. The van der Waals surface area contributed by atoms with Crippen LogP contribution in [0, 0.1) is 0 Å². The van der Waals surface area contributed by atoms with Gasteiger partial charge in [0.1, 0.15) is 0 Å². The van der Waals surface area contributed by atoms with Crippen molar-refractivity contribution in [2.45, 2.75) is 19.9 Å². The highest BCUT2D eigenvalue weighted by Gasteiger charge is 2.04. The number of nitrogens with zero attached hydrogens (tertiary/aromatic N) is 1. The lowest BCUT2D eigenvalue weighted by Gasteiger charge is -2.10. The number of allylic oxidation sites excluding steroid dienone is 1. The van der Waals surface area contributed by atoms with Crippen LogP contribution in [0.5, 0.6) is 0 Å². The number of dihydropyridines is 1. The van der Waals surface area contributed by atoms with Gasteiger partial charge in [0.2, 0.25) is 0 Å². The lowest BCUT2D eigenvalue weighted by molar-refractivity contribution is 0.885. The Kier molecular flexibility index (Phi) is 1.52. The van der Waals surface area contributed by atoms with Gasteiger partial charge in [-0.05, 0) is 25.0 Å². The maximum absolute atomic E-state index is 4.20. The molecule has 0 aromatic heterocycles. The summed E-state index contributed by atoms with van der Waals surface area (Å²) in [5.74, 6) is 0. The van der Waals surface area contributed by atoms with Crippen LogP contribution in [0.3, 0.4) is 0 Å². The molecule has 0 saturated heterocycles. The summed E-state index contributed by atoms with van der Waals surface area (Å²) in [7, 11) is 0. The van der Waals surface area contributed by atoms with Crippen LogP contribution >= 0.6 is 0 Å². The van der Waals surface area contributed by atoms with Gasteiger partial charge in [-0.3, -0.25) is 4.99 Å². The van der Waals surface area contributed by atoms with Crippen molar-refractivity contribution in [2.24, 2.45) is 4.99 Å². The predicted octanol–water partition coefficient (Wildman–Crippen LogP) is 1.96. The first-order valence-electron chi connectivity index (χ1n) is 3.10. The Morgan fingerprint density at radius 3 is 2.78 bits per heavy atom. The van der Waals surface area contributed by atoms with Gasteiger partial charge < -0.3 is 0 Å². The van der Waals surface area contributed by atoms with E-state index in [1.165, 1.54) is 5.57 Å². The second kappa shape index (κ2) is 2.18. The van der Waals surface area contributed by atoms with Crippen molar-refractivity contribution in [3.8, 4) is 0 Å². The molecule has 0 aliphatic carbocycles. The fourth-order valence-electron chi connectivity index (χ4n) is 0.775. The second-order valence-electron chi connectivity index (χ2n) is 2.42. The van der Waals surface area contributed by atoms with Crippen molar-refractivity contribution < 1.29 is 0 Å². The minimum atomic E-state index is 0.286. The zero-order chi connectivity index (χ0) is 6.85. The van der Waals surface area contributed by atoms with Crippen molar-refractivity contribution in [1.29, 1.82) is 0 Å². The third kappa shape index (κ3) is 1.28. The van der Waals surface area contributed by atoms with Gasteiger partial charge in [0, 0.05) is 6.21 Å². The highest BCUT2D eigenvalue weighted by molar-refractivity contribution is 5.80. The topological polar surface area (TPSA) is 12.4 Å². The number of hydrogen-bond acceptors (Lipinski definition) is 1. The molecular formula is C8H11N. The van der Waals surface area contributed by atoms with Crippen molar-refractivity contribution in [1.82, 2.24) is 0 Å². The second-order valence-corrected chi connectivity index (χ2v) is 2.42. The molecule has 0 aromatic carbocycles. The fraction of sp³-hybridized carbons (Fsp3) is 0.375. The molecule has 1 aliphatic rings. The van der Waals surface area contributed by atoms with Crippen LogP contribution in [0.2, 0.25) is 0 Å². The SMILES string of the molecule is C=C1C=C(C)C=N[C@@H]1C. The van der Waals surface area contributed by atoms with Crippen LogP contribution in [-0.4, -0.2) is 12.3 Å². The van der Waals surface area contributed by atoms with E-state index in [2.05, 4.69) is 17.6 Å². The maximum Gasteiger partial charge on any atom is 0.0715 e. The standard InChI is InChI=1S/C8H11N/c1-6-4-7(2)8(3)9-5-6/h4-5,8H,2H2,1,3H3/t8-/m1/s1. The van der Waals surface area contributed by atoms with Gasteiger partial charge in [0.05, 0.1) is 6.04 Å². The molecule has 0 bridgehead atoms. The van der Waals surface area contributed by atoms with Gasteiger partial charge in [-0.25, -0.2) is 0 Å². The lowest BCUT2D eigenvalue weighted by atomic mass is 10.1. The fourth-order valence-corrected chi connectivity index (χ4v) is 0.775. The van der Waals surface area contributed by atoms with Crippen LogP contribution in [0.25, 0.3) is 0 Å². The summed E-state index contributed by atoms with van der Waals surface area (Å²) < 4.78 is 0. The summed E-state index contributed by atoms with van der Waals surface area (Å²) >= 11 is 0. The highest BCUT2D eigenvalue weighted by atomic mass is 14.8. The zero-order valence-corrected chi connectivity index (χ0v) is 5.89. The molecule has 9 heavy (non-hydrogen) atoms. The first-order chi connectivity index (χ1) is 4.20. The molecular weight excluding hydrogens is 110 g/mol. The Morgan fingerprint density at radius 1 is 1.67 bits per heavy atom. The van der Waals surface area contributed by atoms with E-state index in [4.69, 9.17) is 0 Å². The monoisotopic (exact) mass is 121 g/mol. The number of hydrogen-bond donors (Lipinski definition) is 0.